The Bertz CT molecular complexity index is 785. The van der Waals surface area contributed by atoms with Gasteiger partial charge >= 0.3 is 0 Å². The van der Waals surface area contributed by atoms with Gasteiger partial charge in [-0.2, -0.15) is 10.4 Å². The predicted octanol–water partition coefficient (Wildman–Crippen LogP) is 3.25. The van der Waals surface area contributed by atoms with Gasteiger partial charge in [0.25, 0.3) is 0 Å². The van der Waals surface area contributed by atoms with Crippen LogP contribution in [0.2, 0.25) is 0 Å². The van der Waals surface area contributed by atoms with Crippen LogP contribution < -0.4 is 0 Å². The number of nitrogens with zero attached hydrogens (tertiary/aromatic N) is 4. The van der Waals surface area contributed by atoms with Crippen LogP contribution in [0.15, 0.2) is 47.1 Å². The summed E-state index contributed by atoms with van der Waals surface area (Å²) in [6, 6.07) is 13.7. The lowest BCUT2D eigenvalue weighted by Crippen LogP contribution is -2.01. The number of fused-ring (bicyclic) bond motifs is 1. The van der Waals surface area contributed by atoms with E-state index in [1.165, 1.54) is 0 Å². The average molecular weight is 313 g/mol. The first-order chi connectivity index (χ1) is 9.28. The molecule has 2 aromatic heterocycles. The Morgan fingerprint density at radius 2 is 2.16 bits per heavy atom. The monoisotopic (exact) mass is 312 g/mol. The summed E-state index contributed by atoms with van der Waals surface area (Å²) in [5.41, 5.74) is 1.73. The number of benzene rings is 1. The number of aromatic nitrogens is 3. The molecule has 0 amide bonds. The van der Waals surface area contributed by atoms with Crippen LogP contribution in [0, 0.1) is 11.3 Å². The summed E-state index contributed by atoms with van der Waals surface area (Å²) in [5, 5.41) is 14.1. The van der Waals surface area contributed by atoms with Gasteiger partial charge in [0, 0.05) is 9.86 Å². The van der Waals surface area contributed by atoms with Crippen LogP contribution in [0.25, 0.3) is 16.7 Å². The summed E-state index contributed by atoms with van der Waals surface area (Å²) in [6.45, 7) is 0. The molecule has 3 rings (SSSR count). The van der Waals surface area contributed by atoms with E-state index in [-0.39, 0.29) is 0 Å². The smallest absolute Gasteiger partial charge is 0.154 e. The van der Waals surface area contributed by atoms with E-state index in [1.807, 2.05) is 36.4 Å². The van der Waals surface area contributed by atoms with Gasteiger partial charge in [-0.1, -0.05) is 28.1 Å². The molecule has 0 aliphatic heterocycles. The quantitative estimate of drug-likeness (QED) is 0.730. The molecule has 0 aliphatic rings. The van der Waals surface area contributed by atoms with Gasteiger partial charge in [0.15, 0.2) is 5.82 Å². The van der Waals surface area contributed by atoms with Crippen molar-refractivity contribution in [2.45, 2.75) is 6.42 Å². The highest BCUT2D eigenvalue weighted by Gasteiger charge is 2.07. The van der Waals surface area contributed by atoms with Crippen molar-refractivity contribution in [2.75, 3.05) is 0 Å². The van der Waals surface area contributed by atoms with Gasteiger partial charge < -0.3 is 0 Å². The predicted molar refractivity (Wildman–Crippen MR) is 75.9 cm³/mol. The second kappa shape index (κ2) is 4.82. The van der Waals surface area contributed by atoms with E-state index in [9.17, 15) is 0 Å². The number of nitriles is 1. The Morgan fingerprint density at radius 1 is 1.26 bits per heavy atom. The zero-order valence-corrected chi connectivity index (χ0v) is 11.5. The molecule has 19 heavy (non-hydrogen) atoms. The Morgan fingerprint density at radius 3 is 3.00 bits per heavy atom. The van der Waals surface area contributed by atoms with Crippen molar-refractivity contribution >= 4 is 26.8 Å². The highest BCUT2D eigenvalue weighted by atomic mass is 79.9. The maximum atomic E-state index is 8.73. The molecule has 0 aliphatic carbocycles. The minimum Gasteiger partial charge on any atom is -0.233 e. The summed E-state index contributed by atoms with van der Waals surface area (Å²) >= 11 is 3.46. The number of hydrogen-bond donors (Lipinski definition) is 0. The Balaban J connectivity index is 2.16. The maximum absolute atomic E-state index is 8.73. The Kier molecular flexibility index (Phi) is 3.02. The lowest BCUT2D eigenvalue weighted by atomic mass is 10.2. The van der Waals surface area contributed by atoms with Gasteiger partial charge in [0.05, 0.1) is 29.9 Å². The molecule has 2 heterocycles. The van der Waals surface area contributed by atoms with Crippen molar-refractivity contribution in [1.82, 2.24) is 14.8 Å². The molecular weight excluding hydrogens is 304 g/mol. The van der Waals surface area contributed by atoms with Gasteiger partial charge in [-0.3, -0.25) is 0 Å². The van der Waals surface area contributed by atoms with Gasteiger partial charge in [-0.05, 0) is 24.3 Å². The summed E-state index contributed by atoms with van der Waals surface area (Å²) in [6.07, 6.45) is 2.11. The fraction of sp³-hybridized carbons (Fsp3) is 0.0714. The van der Waals surface area contributed by atoms with Gasteiger partial charge in [0.1, 0.15) is 0 Å². The molecule has 0 fully saturated rings. The van der Waals surface area contributed by atoms with E-state index < -0.39 is 0 Å². The first kappa shape index (κ1) is 11.9. The van der Waals surface area contributed by atoms with Crippen LogP contribution in [-0.4, -0.2) is 14.8 Å². The molecule has 0 atom stereocenters. The molecule has 0 radical (unpaired) electrons. The van der Waals surface area contributed by atoms with Crippen LogP contribution in [0.4, 0.5) is 0 Å². The van der Waals surface area contributed by atoms with E-state index in [1.54, 1.807) is 10.9 Å². The van der Waals surface area contributed by atoms with Crippen LogP contribution in [0.3, 0.4) is 0 Å². The van der Waals surface area contributed by atoms with Gasteiger partial charge in [0.2, 0.25) is 0 Å². The minimum atomic E-state index is 0.302. The normalized spacial score (nSPS) is 10.5. The van der Waals surface area contributed by atoms with E-state index in [2.05, 4.69) is 32.1 Å². The van der Waals surface area contributed by atoms with Gasteiger partial charge in [-0.15, -0.1) is 0 Å². The van der Waals surface area contributed by atoms with Crippen molar-refractivity contribution < 1.29 is 0 Å². The second-order valence-corrected chi connectivity index (χ2v) is 5.00. The van der Waals surface area contributed by atoms with Crippen LogP contribution in [-0.2, 0) is 6.42 Å². The van der Waals surface area contributed by atoms with Crippen LogP contribution in [0.5, 0.6) is 0 Å². The summed E-state index contributed by atoms with van der Waals surface area (Å²) in [7, 11) is 0. The minimum absolute atomic E-state index is 0.302. The third-order valence-corrected chi connectivity index (χ3v) is 3.30. The molecule has 3 aromatic rings. The van der Waals surface area contributed by atoms with Crippen molar-refractivity contribution in [3.63, 3.8) is 0 Å². The molecule has 0 saturated heterocycles. The zero-order valence-electron chi connectivity index (χ0n) is 9.92. The fourth-order valence-corrected chi connectivity index (χ4v) is 2.29. The number of rotatable bonds is 2. The van der Waals surface area contributed by atoms with E-state index in [0.717, 1.165) is 26.9 Å². The Labute approximate surface area is 118 Å². The maximum Gasteiger partial charge on any atom is 0.154 e. The molecule has 4 nitrogen and oxygen atoms in total. The molecule has 1 aromatic carbocycles. The number of hydrogen-bond acceptors (Lipinski definition) is 3. The fourth-order valence-electron chi connectivity index (χ4n) is 1.94. The van der Waals surface area contributed by atoms with Crippen molar-refractivity contribution in [3.05, 3.63) is 52.8 Å². The van der Waals surface area contributed by atoms with Gasteiger partial charge in [-0.25, -0.2) is 9.67 Å². The highest BCUT2D eigenvalue weighted by molar-refractivity contribution is 9.10. The molecule has 0 bridgehead atoms. The molecule has 0 unspecified atom stereocenters. The van der Waals surface area contributed by atoms with Crippen molar-refractivity contribution in [3.8, 4) is 11.9 Å². The third-order valence-electron chi connectivity index (χ3n) is 2.80. The molecule has 0 saturated carbocycles. The third kappa shape index (κ3) is 2.23. The van der Waals surface area contributed by atoms with Crippen molar-refractivity contribution in [2.24, 2.45) is 0 Å². The summed E-state index contributed by atoms with van der Waals surface area (Å²) in [5.74, 6) is 0.723. The summed E-state index contributed by atoms with van der Waals surface area (Å²) in [4.78, 5) is 4.45. The van der Waals surface area contributed by atoms with Crippen molar-refractivity contribution in [1.29, 1.82) is 5.26 Å². The van der Waals surface area contributed by atoms with E-state index >= 15 is 0 Å². The van der Waals surface area contributed by atoms with Crippen LogP contribution >= 0.6 is 15.9 Å². The van der Waals surface area contributed by atoms with Crippen LogP contribution in [0.1, 0.15) is 5.69 Å². The lowest BCUT2D eigenvalue weighted by Gasteiger charge is -2.04. The topological polar surface area (TPSA) is 54.5 Å². The van der Waals surface area contributed by atoms with E-state index in [4.69, 9.17) is 5.26 Å². The molecule has 92 valence electrons. The first-order valence-corrected chi connectivity index (χ1v) is 6.54. The van der Waals surface area contributed by atoms with E-state index in [0.29, 0.717) is 6.42 Å². The average Bonchev–Trinajstić information content (AvgIpc) is 2.82. The summed E-state index contributed by atoms with van der Waals surface area (Å²) < 4.78 is 2.77. The standard InChI is InChI=1S/C14H9BrN4/c15-11-5-4-10-9-17-19(13(10)8-11)14-3-1-2-12(18-14)6-7-16/h1-5,8-9H,6H2. The second-order valence-electron chi connectivity index (χ2n) is 4.08. The molecule has 5 heteroatoms. The highest BCUT2D eigenvalue weighted by Crippen LogP contribution is 2.21. The number of halogens is 1. The first-order valence-electron chi connectivity index (χ1n) is 5.74. The number of pyridine rings is 1. The SMILES string of the molecule is N#CCc1cccc(-n2ncc3ccc(Br)cc32)n1. The Hall–Kier alpha value is -2.19. The largest absolute Gasteiger partial charge is 0.233 e. The lowest BCUT2D eigenvalue weighted by molar-refractivity contribution is 0.863. The molecular formula is C14H9BrN4. The zero-order chi connectivity index (χ0) is 13.2. The molecule has 0 spiro atoms. The molecule has 0 N–H and O–H groups in total.